The van der Waals surface area contributed by atoms with Gasteiger partial charge in [0.1, 0.15) is 0 Å². The van der Waals surface area contributed by atoms with Crippen molar-refractivity contribution in [3.63, 3.8) is 0 Å². The zero-order chi connectivity index (χ0) is 18.8. The number of benzene rings is 2. The molecule has 0 N–H and O–H groups in total. The van der Waals surface area contributed by atoms with Gasteiger partial charge in [-0.15, -0.1) is 0 Å². The van der Waals surface area contributed by atoms with Gasteiger partial charge in [-0.25, -0.2) is 0 Å². The van der Waals surface area contributed by atoms with E-state index in [1.165, 1.54) is 74.5 Å². The van der Waals surface area contributed by atoms with Crippen LogP contribution in [0.25, 0.3) is 0 Å². The van der Waals surface area contributed by atoms with Crippen molar-refractivity contribution in [3.8, 4) is 0 Å². The first kappa shape index (κ1) is 23.5. The highest BCUT2D eigenvalue weighted by Crippen LogP contribution is 2.25. The van der Waals surface area contributed by atoms with E-state index in [9.17, 15) is 0 Å². The monoisotopic (exact) mass is 361 g/mol. The predicted octanol–water partition coefficient (Wildman–Crippen LogP) is 7.38. The van der Waals surface area contributed by atoms with Gasteiger partial charge in [-0.05, 0) is 57.1 Å². The lowest BCUT2D eigenvalue weighted by molar-refractivity contribution is 0.501. The molecule has 0 amide bonds. The second-order valence-corrected chi connectivity index (χ2v) is 8.40. The second-order valence-electron chi connectivity index (χ2n) is 8.40. The maximum Gasteiger partial charge on any atom is 0 e. The first-order valence-corrected chi connectivity index (χ1v) is 10.7. The lowest BCUT2D eigenvalue weighted by Gasteiger charge is -2.21. The molecular weight excluding hydrogens is 323 g/mol. The molecule has 0 nitrogen and oxygen atoms in total. The van der Waals surface area contributed by atoms with Gasteiger partial charge in [0.15, 0.2) is 0 Å². The van der Waals surface area contributed by atoms with Crippen molar-refractivity contribution in [2.45, 2.75) is 85.5 Å². The Kier molecular flexibility index (Phi) is 11.2. The topological polar surface area (TPSA) is 0 Å². The fourth-order valence-electron chi connectivity index (χ4n) is 3.76. The van der Waals surface area contributed by atoms with Crippen molar-refractivity contribution >= 4 is 8.41 Å². The molecule has 1 heteroatoms. The van der Waals surface area contributed by atoms with Gasteiger partial charge in [0.05, 0.1) is 0 Å². The standard InChI is InChI=1S/C12H16.C8H10.C6H12.B/c1-9-3-5-12-8-10(2)4-6-11(12)7-9;1-7-3-5-8(2)6-4-7;1-2-4-6-5-3-1;/h3,5,7,10H,4,6,8H2,1-2H3;3-6H,1-2H3;1-6H2;. The van der Waals surface area contributed by atoms with Gasteiger partial charge < -0.3 is 0 Å². The number of hydrogen-bond acceptors (Lipinski definition) is 0. The number of aryl methyl sites for hydroxylation is 4. The van der Waals surface area contributed by atoms with E-state index in [1.54, 1.807) is 11.1 Å². The summed E-state index contributed by atoms with van der Waals surface area (Å²) in [5, 5.41) is 0. The largest absolute Gasteiger partial charge is 0.0622 e. The molecule has 3 radical (unpaired) electrons. The Hall–Kier alpha value is -1.50. The molecule has 1 unspecified atom stereocenters. The van der Waals surface area contributed by atoms with Crippen LogP contribution in [0.4, 0.5) is 0 Å². The molecule has 2 aromatic carbocycles. The third kappa shape index (κ3) is 9.31. The molecule has 27 heavy (non-hydrogen) atoms. The van der Waals surface area contributed by atoms with Crippen LogP contribution in [0.1, 0.15) is 79.7 Å². The van der Waals surface area contributed by atoms with E-state index in [4.69, 9.17) is 0 Å². The normalized spacial score (nSPS) is 17.9. The smallest absolute Gasteiger partial charge is 0 e. The van der Waals surface area contributed by atoms with Crippen LogP contribution in [-0.4, -0.2) is 8.41 Å². The van der Waals surface area contributed by atoms with Crippen LogP contribution in [0.3, 0.4) is 0 Å². The van der Waals surface area contributed by atoms with E-state index in [1.807, 2.05) is 0 Å². The Morgan fingerprint density at radius 3 is 1.56 bits per heavy atom. The zero-order valence-corrected chi connectivity index (χ0v) is 18.1. The van der Waals surface area contributed by atoms with E-state index in [-0.39, 0.29) is 8.41 Å². The van der Waals surface area contributed by atoms with Gasteiger partial charge in [0.2, 0.25) is 0 Å². The highest BCUT2D eigenvalue weighted by Gasteiger charge is 2.14. The average molecular weight is 361 g/mol. The maximum absolute atomic E-state index is 2.35. The zero-order valence-electron chi connectivity index (χ0n) is 18.1. The van der Waals surface area contributed by atoms with Crippen molar-refractivity contribution in [3.05, 3.63) is 70.3 Å². The minimum Gasteiger partial charge on any atom is -0.0622 e. The Morgan fingerprint density at radius 1 is 0.630 bits per heavy atom. The van der Waals surface area contributed by atoms with Crippen LogP contribution in [-0.2, 0) is 12.8 Å². The SMILES string of the molecule is C1CCCCC1.Cc1ccc(C)cc1.Cc1ccc2c(c1)CCC(C)C2.[B]. The molecule has 1 atom stereocenters. The number of rotatable bonds is 0. The summed E-state index contributed by atoms with van der Waals surface area (Å²) in [6.45, 7) is 8.72. The molecule has 0 bridgehead atoms. The fraction of sp³-hybridized carbons (Fsp3) is 0.538. The Bertz CT molecular complexity index is 605. The van der Waals surface area contributed by atoms with Crippen molar-refractivity contribution in [2.75, 3.05) is 0 Å². The van der Waals surface area contributed by atoms with Gasteiger partial charge in [-0.1, -0.05) is 105 Å². The van der Waals surface area contributed by atoms with Crippen LogP contribution in [0, 0.1) is 26.7 Å². The summed E-state index contributed by atoms with van der Waals surface area (Å²) in [6.07, 6.45) is 12.9. The highest BCUT2D eigenvalue weighted by atomic mass is 14.2. The number of hydrogen-bond donors (Lipinski definition) is 0. The lowest BCUT2D eigenvalue weighted by Crippen LogP contribution is -2.10. The fourth-order valence-corrected chi connectivity index (χ4v) is 3.76. The Balaban J connectivity index is 0.000000212. The summed E-state index contributed by atoms with van der Waals surface area (Å²) >= 11 is 0. The minimum absolute atomic E-state index is 0. The van der Waals surface area contributed by atoms with Crippen molar-refractivity contribution in [2.24, 2.45) is 5.92 Å². The van der Waals surface area contributed by atoms with Crippen LogP contribution in [0.2, 0.25) is 0 Å². The number of fused-ring (bicyclic) bond motifs is 1. The van der Waals surface area contributed by atoms with E-state index in [0.29, 0.717) is 0 Å². The summed E-state index contributed by atoms with van der Waals surface area (Å²) in [5.74, 6) is 0.889. The molecule has 1 saturated carbocycles. The summed E-state index contributed by atoms with van der Waals surface area (Å²) < 4.78 is 0. The van der Waals surface area contributed by atoms with E-state index in [2.05, 4.69) is 70.2 Å². The molecule has 0 saturated heterocycles. The van der Waals surface area contributed by atoms with Gasteiger partial charge in [-0.2, -0.15) is 0 Å². The molecule has 0 spiro atoms. The van der Waals surface area contributed by atoms with Gasteiger partial charge in [0.25, 0.3) is 0 Å². The maximum atomic E-state index is 2.35. The predicted molar refractivity (Wildman–Crippen MR) is 122 cm³/mol. The van der Waals surface area contributed by atoms with Crippen LogP contribution >= 0.6 is 0 Å². The average Bonchev–Trinajstić information content (AvgIpc) is 2.67. The molecule has 0 aromatic heterocycles. The second kappa shape index (κ2) is 12.8. The third-order valence-corrected chi connectivity index (χ3v) is 5.55. The molecule has 0 aliphatic heterocycles. The lowest BCUT2D eigenvalue weighted by atomic mass is 9.84. The third-order valence-electron chi connectivity index (χ3n) is 5.55. The molecule has 2 aliphatic carbocycles. The van der Waals surface area contributed by atoms with Gasteiger partial charge in [-0.3, -0.25) is 0 Å². The summed E-state index contributed by atoms with van der Waals surface area (Å²) in [5.41, 5.74) is 7.24. The first-order chi connectivity index (χ1) is 12.5. The summed E-state index contributed by atoms with van der Waals surface area (Å²) in [6, 6.07) is 15.4. The quantitative estimate of drug-likeness (QED) is 0.429. The summed E-state index contributed by atoms with van der Waals surface area (Å²) in [4.78, 5) is 0. The van der Waals surface area contributed by atoms with Crippen molar-refractivity contribution in [1.29, 1.82) is 0 Å². The summed E-state index contributed by atoms with van der Waals surface area (Å²) in [7, 11) is 0. The van der Waals surface area contributed by atoms with Gasteiger partial charge >= 0.3 is 0 Å². The molecule has 145 valence electrons. The molecule has 2 aromatic rings. The molecule has 1 fully saturated rings. The molecule has 0 heterocycles. The van der Waals surface area contributed by atoms with E-state index >= 15 is 0 Å². The van der Waals surface area contributed by atoms with Crippen LogP contribution in [0.5, 0.6) is 0 Å². The van der Waals surface area contributed by atoms with E-state index < -0.39 is 0 Å². The Labute approximate surface area is 170 Å². The van der Waals surface area contributed by atoms with Crippen molar-refractivity contribution in [1.82, 2.24) is 0 Å². The van der Waals surface area contributed by atoms with Gasteiger partial charge in [0, 0.05) is 8.41 Å². The minimum atomic E-state index is 0. The van der Waals surface area contributed by atoms with Crippen LogP contribution < -0.4 is 0 Å². The first-order valence-electron chi connectivity index (χ1n) is 10.7. The molecular formula is C26H38B. The van der Waals surface area contributed by atoms with Crippen LogP contribution in [0.15, 0.2) is 42.5 Å². The molecule has 4 rings (SSSR count). The highest BCUT2D eigenvalue weighted by molar-refractivity contribution is 5.75. The van der Waals surface area contributed by atoms with Crippen molar-refractivity contribution < 1.29 is 0 Å². The van der Waals surface area contributed by atoms with E-state index in [0.717, 1.165) is 5.92 Å². The molecule has 2 aliphatic rings. The Morgan fingerprint density at radius 2 is 1.07 bits per heavy atom.